The molecule has 3 heterocycles. The molecular formula is C29H27F4N3O3S2. The van der Waals surface area contributed by atoms with Crippen molar-refractivity contribution in [3.63, 3.8) is 0 Å². The highest BCUT2D eigenvalue weighted by molar-refractivity contribution is 7.99. The molecule has 0 radical (unpaired) electrons. The van der Waals surface area contributed by atoms with Crippen molar-refractivity contribution in [2.24, 2.45) is 5.92 Å². The van der Waals surface area contributed by atoms with Gasteiger partial charge in [0.2, 0.25) is 0 Å². The number of carbonyl (C=O) groups is 1. The van der Waals surface area contributed by atoms with Crippen molar-refractivity contribution in [1.82, 2.24) is 10.3 Å². The summed E-state index contributed by atoms with van der Waals surface area (Å²) in [6.45, 7) is -0.101. The average molecular weight is 606 g/mol. The van der Waals surface area contributed by atoms with Crippen LogP contribution in [-0.2, 0) is 22.0 Å². The lowest BCUT2D eigenvalue weighted by molar-refractivity contribution is 0.0945. The Bertz CT molecular complexity index is 1570. The molecule has 6 rings (SSSR count). The summed E-state index contributed by atoms with van der Waals surface area (Å²) >= 11 is 1.73. The molecule has 1 amide bonds. The van der Waals surface area contributed by atoms with Crippen LogP contribution in [0.5, 0.6) is 0 Å². The number of fused-ring (bicyclic) bond motifs is 2. The second kappa shape index (κ2) is 10.6. The summed E-state index contributed by atoms with van der Waals surface area (Å²) in [7, 11) is -4.17. The van der Waals surface area contributed by atoms with Gasteiger partial charge in [0.05, 0.1) is 34.4 Å². The number of rotatable bonds is 7. The van der Waals surface area contributed by atoms with Crippen LogP contribution in [0, 0.1) is 17.6 Å². The third-order valence-electron chi connectivity index (χ3n) is 8.27. The number of aromatic nitrogens is 1. The van der Waals surface area contributed by atoms with E-state index < -0.39 is 45.4 Å². The molecule has 1 N–H and O–H groups in total. The van der Waals surface area contributed by atoms with Crippen molar-refractivity contribution in [1.29, 1.82) is 0 Å². The van der Waals surface area contributed by atoms with E-state index in [2.05, 4.69) is 10.3 Å². The van der Waals surface area contributed by atoms with Gasteiger partial charge in [0.25, 0.3) is 22.4 Å². The van der Waals surface area contributed by atoms with Crippen molar-refractivity contribution in [3.05, 3.63) is 88.7 Å². The van der Waals surface area contributed by atoms with Gasteiger partial charge in [-0.3, -0.25) is 14.1 Å². The molecule has 1 saturated carbocycles. The van der Waals surface area contributed by atoms with Gasteiger partial charge < -0.3 is 5.32 Å². The molecule has 2 fully saturated rings. The van der Waals surface area contributed by atoms with Gasteiger partial charge in [-0.15, -0.1) is 0 Å². The summed E-state index contributed by atoms with van der Waals surface area (Å²) in [6.07, 6.45) is 1.11. The topological polar surface area (TPSA) is 79.4 Å². The van der Waals surface area contributed by atoms with E-state index in [4.69, 9.17) is 0 Å². The Kier molecular flexibility index (Phi) is 7.25. The summed E-state index contributed by atoms with van der Waals surface area (Å²) in [5.74, 6) is -0.540. The predicted molar refractivity (Wildman–Crippen MR) is 148 cm³/mol. The fourth-order valence-corrected chi connectivity index (χ4v) is 9.20. The molecule has 1 unspecified atom stereocenters. The molecule has 12 heteroatoms. The largest absolute Gasteiger partial charge is 0.346 e. The molecule has 2 aromatic carbocycles. The number of anilines is 1. The Balaban J connectivity index is 1.39. The zero-order chi connectivity index (χ0) is 28.9. The van der Waals surface area contributed by atoms with E-state index >= 15 is 4.39 Å². The molecule has 6 nitrogen and oxygen atoms in total. The maximum absolute atomic E-state index is 16.6. The Labute approximate surface area is 239 Å². The first-order valence-corrected chi connectivity index (χ1v) is 15.9. The maximum Gasteiger partial charge on any atom is 0.265 e. The Hall–Kier alpha value is -3.12. The first kappa shape index (κ1) is 28.0. The standard InChI is InChI=1S/C29H27F4N3O3S2/c30-19-4-7-21(8-5-19)41(38,39)36-23-10-9-22(28(37)35-16-20-6-3-18(15-34-20)27(32)33)25(31)24(23)29(11-13-40-14-12-29)26(36)17-1-2-17/h3-10,15,17,26-27H,1-2,11-14,16H2,(H,35,37). The highest BCUT2D eigenvalue weighted by Crippen LogP contribution is 2.60. The van der Waals surface area contributed by atoms with Crippen LogP contribution in [0.25, 0.3) is 0 Å². The van der Waals surface area contributed by atoms with Gasteiger partial charge in [-0.1, -0.05) is 0 Å². The molecule has 1 aromatic heterocycles. The van der Waals surface area contributed by atoms with Gasteiger partial charge in [0.15, 0.2) is 0 Å². The van der Waals surface area contributed by atoms with E-state index in [9.17, 15) is 26.4 Å². The Morgan fingerprint density at radius 1 is 1.05 bits per heavy atom. The molecule has 2 aliphatic heterocycles. The number of thioether (sulfide) groups is 1. The minimum Gasteiger partial charge on any atom is -0.346 e. The van der Waals surface area contributed by atoms with Gasteiger partial charge in [-0.2, -0.15) is 11.8 Å². The number of pyridine rings is 1. The van der Waals surface area contributed by atoms with Crippen molar-refractivity contribution in [2.75, 3.05) is 15.8 Å². The zero-order valence-corrected chi connectivity index (χ0v) is 23.5. The number of nitrogens with zero attached hydrogens (tertiary/aromatic N) is 2. The minimum atomic E-state index is -4.17. The first-order valence-electron chi connectivity index (χ1n) is 13.4. The minimum absolute atomic E-state index is 0.0414. The number of benzene rings is 2. The number of hydrogen-bond donors (Lipinski definition) is 1. The van der Waals surface area contributed by atoms with Crippen LogP contribution >= 0.6 is 11.8 Å². The predicted octanol–water partition coefficient (Wildman–Crippen LogP) is 5.98. The highest BCUT2D eigenvalue weighted by Gasteiger charge is 2.60. The number of carbonyl (C=O) groups excluding carboxylic acids is 1. The number of hydrogen-bond acceptors (Lipinski definition) is 5. The molecular weight excluding hydrogens is 578 g/mol. The van der Waals surface area contributed by atoms with Crippen LogP contribution in [0.1, 0.15) is 59.3 Å². The molecule has 216 valence electrons. The molecule has 1 saturated heterocycles. The van der Waals surface area contributed by atoms with Crippen molar-refractivity contribution < 1.29 is 30.8 Å². The van der Waals surface area contributed by atoms with E-state index in [1.165, 1.54) is 40.7 Å². The normalized spacial score (nSPS) is 19.9. The van der Waals surface area contributed by atoms with Crippen LogP contribution in [0.3, 0.4) is 0 Å². The SMILES string of the molecule is O=C(NCc1ccc(C(F)F)cn1)c1ccc2c(c1F)C1(CCSCC1)C(C1CC1)N2S(=O)(=O)c1ccc(F)cc1. The molecule has 1 spiro atoms. The molecule has 3 aromatic rings. The lowest BCUT2D eigenvalue weighted by Gasteiger charge is -2.41. The quantitative estimate of drug-likeness (QED) is 0.336. The van der Waals surface area contributed by atoms with E-state index in [1.54, 1.807) is 11.8 Å². The van der Waals surface area contributed by atoms with Crippen molar-refractivity contribution >= 4 is 33.4 Å². The lowest BCUT2D eigenvalue weighted by atomic mass is 9.70. The van der Waals surface area contributed by atoms with Gasteiger partial charge in [-0.05, 0) is 91.6 Å². The van der Waals surface area contributed by atoms with E-state index in [-0.39, 0.29) is 39.7 Å². The van der Waals surface area contributed by atoms with Gasteiger partial charge in [-0.25, -0.2) is 26.0 Å². The van der Waals surface area contributed by atoms with Gasteiger partial charge >= 0.3 is 0 Å². The van der Waals surface area contributed by atoms with Gasteiger partial charge in [0, 0.05) is 22.7 Å². The monoisotopic (exact) mass is 605 g/mol. The number of sulfonamides is 1. The van der Waals surface area contributed by atoms with Crippen LogP contribution in [0.15, 0.2) is 59.6 Å². The third kappa shape index (κ3) is 4.88. The second-order valence-corrected chi connectivity index (χ2v) is 13.7. The fraction of sp³-hybridized carbons (Fsp3) is 0.379. The summed E-state index contributed by atoms with van der Waals surface area (Å²) in [5, 5.41) is 2.61. The smallest absolute Gasteiger partial charge is 0.265 e. The number of nitrogens with one attached hydrogen (secondary N) is 1. The number of halogens is 4. The van der Waals surface area contributed by atoms with Crippen molar-refractivity contribution in [3.8, 4) is 0 Å². The summed E-state index contributed by atoms with van der Waals surface area (Å²) in [5.41, 5.74) is -0.478. The van der Waals surface area contributed by atoms with Crippen molar-refractivity contribution in [2.45, 2.75) is 55.0 Å². The molecule has 0 bridgehead atoms. The maximum atomic E-state index is 16.6. The second-order valence-electron chi connectivity index (χ2n) is 10.7. The lowest BCUT2D eigenvalue weighted by Crippen LogP contribution is -2.50. The number of amides is 1. The van der Waals surface area contributed by atoms with Gasteiger partial charge in [0.1, 0.15) is 11.6 Å². The first-order chi connectivity index (χ1) is 19.6. The highest BCUT2D eigenvalue weighted by atomic mass is 32.2. The zero-order valence-electron chi connectivity index (χ0n) is 21.8. The summed E-state index contributed by atoms with van der Waals surface area (Å²) in [4.78, 5) is 17.0. The van der Waals surface area contributed by atoms with Crippen LogP contribution in [-0.4, -0.2) is 36.9 Å². The van der Waals surface area contributed by atoms with E-state index in [0.29, 0.717) is 18.5 Å². The fourth-order valence-electron chi connectivity index (χ4n) is 6.19. The summed E-state index contributed by atoms with van der Waals surface area (Å²) in [6, 6.07) is 9.47. The van der Waals surface area contributed by atoms with Crippen LogP contribution in [0.4, 0.5) is 23.2 Å². The van der Waals surface area contributed by atoms with E-state index in [0.717, 1.165) is 42.7 Å². The van der Waals surface area contributed by atoms with Crippen LogP contribution < -0.4 is 9.62 Å². The summed E-state index contributed by atoms with van der Waals surface area (Å²) < 4.78 is 85.3. The molecule has 3 aliphatic rings. The average Bonchev–Trinajstić information content (AvgIpc) is 3.76. The number of alkyl halides is 2. The molecule has 41 heavy (non-hydrogen) atoms. The van der Waals surface area contributed by atoms with Crippen LogP contribution in [0.2, 0.25) is 0 Å². The Morgan fingerprint density at radius 3 is 2.37 bits per heavy atom. The molecule has 1 atom stereocenters. The third-order valence-corrected chi connectivity index (χ3v) is 11.1. The van der Waals surface area contributed by atoms with E-state index in [1.807, 2.05) is 0 Å². The molecule has 1 aliphatic carbocycles. The Morgan fingerprint density at radius 2 is 1.76 bits per heavy atom.